The largest absolute Gasteiger partial charge is 0.289 e. The van der Waals surface area contributed by atoms with Crippen LogP contribution in [0.25, 0.3) is 0 Å². The zero-order chi connectivity index (χ0) is 13.8. The van der Waals surface area contributed by atoms with Gasteiger partial charge in [-0.05, 0) is 35.6 Å². The van der Waals surface area contributed by atoms with E-state index in [2.05, 4.69) is 4.98 Å². The summed E-state index contributed by atoms with van der Waals surface area (Å²) in [4.78, 5) is 17.3. The highest BCUT2D eigenvalue weighted by molar-refractivity contribution is 8.19. The lowest BCUT2D eigenvalue weighted by Gasteiger charge is -2.34. The second-order valence-corrected chi connectivity index (χ2v) is 7.45. The van der Waals surface area contributed by atoms with Crippen LogP contribution < -0.4 is 0 Å². The number of hydrogen-bond donors (Lipinski definition) is 0. The first-order valence-electron chi connectivity index (χ1n) is 6.62. The van der Waals surface area contributed by atoms with Gasteiger partial charge in [0.1, 0.15) is 5.69 Å². The molecule has 1 aliphatic heterocycles. The van der Waals surface area contributed by atoms with Gasteiger partial charge in [-0.15, -0.1) is 23.5 Å². The summed E-state index contributed by atoms with van der Waals surface area (Å²) in [5, 5.41) is 0. The molecular formula is C16H15NOS2. The van der Waals surface area contributed by atoms with Crippen LogP contribution in [0, 0.1) is 0 Å². The summed E-state index contributed by atoms with van der Waals surface area (Å²) in [5.41, 5.74) is 1.63. The summed E-state index contributed by atoms with van der Waals surface area (Å²) in [6.07, 6.45) is 2.84. The molecule has 1 saturated heterocycles. The van der Waals surface area contributed by atoms with Crippen molar-refractivity contribution in [1.29, 1.82) is 0 Å². The number of pyridine rings is 1. The van der Waals surface area contributed by atoms with Crippen molar-refractivity contribution in [2.45, 2.75) is 10.5 Å². The zero-order valence-corrected chi connectivity index (χ0v) is 12.6. The van der Waals surface area contributed by atoms with Crippen molar-refractivity contribution in [2.24, 2.45) is 0 Å². The van der Waals surface area contributed by atoms with Gasteiger partial charge in [0, 0.05) is 6.20 Å². The summed E-state index contributed by atoms with van der Waals surface area (Å²) in [7, 11) is 0. The molecule has 0 amide bonds. The fourth-order valence-corrected chi connectivity index (χ4v) is 5.53. The van der Waals surface area contributed by atoms with Gasteiger partial charge in [-0.2, -0.15) is 0 Å². The van der Waals surface area contributed by atoms with Gasteiger partial charge in [0.2, 0.25) is 5.78 Å². The summed E-state index contributed by atoms with van der Waals surface area (Å²) in [6, 6.07) is 15.6. The van der Waals surface area contributed by atoms with Crippen molar-refractivity contribution < 1.29 is 4.79 Å². The third kappa shape index (κ3) is 2.50. The van der Waals surface area contributed by atoms with E-state index < -0.39 is 4.08 Å². The van der Waals surface area contributed by atoms with E-state index >= 15 is 0 Å². The second kappa shape index (κ2) is 6.02. The van der Waals surface area contributed by atoms with Crippen LogP contribution >= 0.6 is 23.5 Å². The Morgan fingerprint density at radius 1 is 1.00 bits per heavy atom. The van der Waals surface area contributed by atoms with Crippen molar-refractivity contribution in [3.63, 3.8) is 0 Å². The van der Waals surface area contributed by atoms with Crippen LogP contribution in [0.15, 0.2) is 54.7 Å². The lowest BCUT2D eigenvalue weighted by molar-refractivity contribution is 0.0973. The molecule has 1 aromatic heterocycles. The van der Waals surface area contributed by atoms with Crippen LogP contribution in [0.3, 0.4) is 0 Å². The smallest absolute Gasteiger partial charge is 0.211 e. The maximum Gasteiger partial charge on any atom is 0.211 e. The number of rotatable bonds is 3. The summed E-state index contributed by atoms with van der Waals surface area (Å²) in [5.74, 6) is 2.14. The molecule has 0 unspecified atom stereocenters. The number of hydrogen-bond acceptors (Lipinski definition) is 4. The first-order chi connectivity index (χ1) is 9.83. The molecule has 0 bridgehead atoms. The van der Waals surface area contributed by atoms with Crippen LogP contribution in [0.1, 0.15) is 22.5 Å². The van der Waals surface area contributed by atoms with E-state index in [9.17, 15) is 4.79 Å². The number of thioether (sulfide) groups is 2. The third-order valence-electron chi connectivity index (χ3n) is 3.25. The van der Waals surface area contributed by atoms with Crippen molar-refractivity contribution >= 4 is 29.3 Å². The Hall–Kier alpha value is -1.26. The molecule has 0 saturated carbocycles. The third-order valence-corrected chi connectivity index (χ3v) is 6.60. The van der Waals surface area contributed by atoms with Gasteiger partial charge < -0.3 is 0 Å². The highest BCUT2D eigenvalue weighted by Crippen LogP contribution is 2.51. The molecular weight excluding hydrogens is 286 g/mol. The standard InChI is InChI=1S/C16H15NOS2/c18-15(14-9-4-5-10-17-14)16(19-11-6-12-20-16)13-7-2-1-3-8-13/h1-5,7-10H,6,11-12H2. The molecule has 3 rings (SSSR count). The molecule has 0 aliphatic carbocycles. The maximum absolute atomic E-state index is 13.0. The monoisotopic (exact) mass is 301 g/mol. The Morgan fingerprint density at radius 3 is 2.35 bits per heavy atom. The average Bonchev–Trinajstić information content (AvgIpc) is 2.56. The molecule has 0 N–H and O–H groups in total. The van der Waals surface area contributed by atoms with Gasteiger partial charge in [-0.25, -0.2) is 0 Å². The lowest BCUT2D eigenvalue weighted by atomic mass is 10.1. The highest BCUT2D eigenvalue weighted by atomic mass is 32.2. The Morgan fingerprint density at radius 2 is 1.70 bits per heavy atom. The second-order valence-electron chi connectivity index (χ2n) is 4.58. The van der Waals surface area contributed by atoms with Crippen LogP contribution in [0.5, 0.6) is 0 Å². The molecule has 1 aliphatic rings. The lowest BCUT2D eigenvalue weighted by Crippen LogP contribution is -2.33. The molecule has 2 nitrogen and oxygen atoms in total. The van der Waals surface area contributed by atoms with E-state index in [1.165, 1.54) is 0 Å². The number of ketones is 1. The first-order valence-corrected chi connectivity index (χ1v) is 8.59. The predicted molar refractivity (Wildman–Crippen MR) is 86.2 cm³/mol. The van der Waals surface area contributed by atoms with Crippen LogP contribution in [-0.4, -0.2) is 22.3 Å². The topological polar surface area (TPSA) is 30.0 Å². The molecule has 0 atom stereocenters. The normalized spacial score (nSPS) is 17.6. The number of aromatic nitrogens is 1. The minimum Gasteiger partial charge on any atom is -0.289 e. The number of carbonyl (C=O) groups is 1. The molecule has 0 spiro atoms. The van der Waals surface area contributed by atoms with E-state index in [0.717, 1.165) is 23.5 Å². The fourth-order valence-electron chi connectivity index (χ4n) is 2.28. The molecule has 0 radical (unpaired) electrons. The zero-order valence-electron chi connectivity index (χ0n) is 11.0. The quantitative estimate of drug-likeness (QED) is 0.802. The molecule has 20 heavy (non-hydrogen) atoms. The summed E-state index contributed by atoms with van der Waals surface area (Å²) in [6.45, 7) is 0. The van der Waals surface area contributed by atoms with Gasteiger partial charge >= 0.3 is 0 Å². The van der Waals surface area contributed by atoms with Gasteiger partial charge in [-0.1, -0.05) is 36.4 Å². The Labute approximate surface area is 127 Å². The van der Waals surface area contributed by atoms with Crippen LogP contribution in [0.2, 0.25) is 0 Å². The van der Waals surface area contributed by atoms with E-state index in [1.54, 1.807) is 29.7 Å². The average molecular weight is 301 g/mol. The van der Waals surface area contributed by atoms with E-state index in [0.29, 0.717) is 5.69 Å². The molecule has 4 heteroatoms. The van der Waals surface area contributed by atoms with E-state index in [-0.39, 0.29) is 5.78 Å². The predicted octanol–water partition coefficient (Wildman–Crippen LogP) is 3.99. The molecule has 1 aromatic carbocycles. The minimum absolute atomic E-state index is 0.110. The van der Waals surface area contributed by atoms with Gasteiger partial charge in [-0.3, -0.25) is 9.78 Å². The number of benzene rings is 1. The fraction of sp³-hybridized carbons (Fsp3) is 0.250. The molecule has 102 valence electrons. The van der Waals surface area contributed by atoms with Gasteiger partial charge in [0.05, 0.1) is 0 Å². The molecule has 2 heterocycles. The number of nitrogens with zero attached hydrogens (tertiary/aromatic N) is 1. The summed E-state index contributed by atoms with van der Waals surface area (Å²) < 4.78 is -0.534. The van der Waals surface area contributed by atoms with Crippen molar-refractivity contribution in [3.8, 4) is 0 Å². The van der Waals surface area contributed by atoms with Crippen LogP contribution in [0.4, 0.5) is 0 Å². The molecule has 2 aromatic rings. The van der Waals surface area contributed by atoms with Crippen molar-refractivity contribution in [3.05, 3.63) is 66.0 Å². The van der Waals surface area contributed by atoms with E-state index in [4.69, 9.17) is 0 Å². The summed E-state index contributed by atoms with van der Waals surface area (Å²) >= 11 is 3.48. The minimum atomic E-state index is -0.534. The number of carbonyl (C=O) groups excluding carboxylic acids is 1. The Balaban J connectivity index is 2.05. The van der Waals surface area contributed by atoms with Crippen LogP contribution in [-0.2, 0) is 4.08 Å². The van der Waals surface area contributed by atoms with E-state index in [1.807, 2.05) is 48.5 Å². The van der Waals surface area contributed by atoms with Gasteiger partial charge in [0.25, 0.3) is 0 Å². The van der Waals surface area contributed by atoms with Crippen molar-refractivity contribution in [1.82, 2.24) is 4.98 Å². The van der Waals surface area contributed by atoms with Crippen molar-refractivity contribution in [2.75, 3.05) is 11.5 Å². The first kappa shape index (κ1) is 13.7. The highest BCUT2D eigenvalue weighted by Gasteiger charge is 2.43. The number of Topliss-reactive ketones (excluding diaryl/α,β-unsaturated/α-hetero) is 1. The molecule has 1 fully saturated rings. The Bertz CT molecular complexity index is 580. The Kier molecular flexibility index (Phi) is 4.13. The maximum atomic E-state index is 13.0. The SMILES string of the molecule is O=C(c1ccccn1)C1(c2ccccc2)SCCCS1. The van der Waals surface area contributed by atoms with Gasteiger partial charge in [0.15, 0.2) is 4.08 Å².